The van der Waals surface area contributed by atoms with Crippen LogP contribution in [0.3, 0.4) is 0 Å². The minimum absolute atomic E-state index is 0. The van der Waals surface area contributed by atoms with Crippen LogP contribution in [-0.2, 0) is 13.0 Å². The van der Waals surface area contributed by atoms with Gasteiger partial charge in [-0.3, -0.25) is 4.98 Å². The number of nitrogens with one attached hydrogen (secondary N) is 1. The van der Waals surface area contributed by atoms with Crippen molar-refractivity contribution in [1.82, 2.24) is 49.6 Å². The first-order valence-corrected chi connectivity index (χ1v) is 18.3. The highest BCUT2D eigenvalue weighted by Crippen LogP contribution is 2.40. The van der Waals surface area contributed by atoms with E-state index in [0.29, 0.717) is 67.7 Å². The van der Waals surface area contributed by atoms with E-state index in [4.69, 9.17) is 20.7 Å². The molecular formula is C38H44ClN13O3. The van der Waals surface area contributed by atoms with Gasteiger partial charge in [0.15, 0.2) is 22.8 Å². The predicted molar refractivity (Wildman–Crippen MR) is 208 cm³/mol. The Bertz CT molecular complexity index is 2150. The van der Waals surface area contributed by atoms with Gasteiger partial charge in [0.05, 0.1) is 30.6 Å². The van der Waals surface area contributed by atoms with Crippen LogP contribution in [0.5, 0.6) is 0 Å². The molecule has 6 aromatic rings. The average Bonchev–Trinajstić information content (AvgIpc) is 4.02. The fourth-order valence-corrected chi connectivity index (χ4v) is 7.67. The molecule has 0 radical (unpaired) electrons. The van der Waals surface area contributed by atoms with Crippen molar-refractivity contribution in [1.29, 1.82) is 0 Å². The normalized spacial score (nSPS) is 20.9. The van der Waals surface area contributed by atoms with E-state index in [1.807, 2.05) is 71.0 Å². The second-order valence-electron chi connectivity index (χ2n) is 13.9. The Balaban J connectivity index is 0.00000465. The maximum atomic E-state index is 12.7. The van der Waals surface area contributed by atoms with Crippen LogP contribution in [0, 0.1) is 0 Å². The van der Waals surface area contributed by atoms with Crippen molar-refractivity contribution < 1.29 is 15.0 Å². The maximum Gasteiger partial charge on any atom is 0.315 e. The highest BCUT2D eigenvalue weighted by Gasteiger charge is 2.45. The third kappa shape index (κ3) is 7.65. The van der Waals surface area contributed by atoms with Gasteiger partial charge in [-0.05, 0) is 41.3 Å². The molecule has 8 rings (SSSR count). The summed E-state index contributed by atoms with van der Waals surface area (Å²) in [5, 5.41) is 38.9. The Kier molecular flexibility index (Phi) is 11.2. The lowest BCUT2D eigenvalue weighted by atomic mass is 9.91. The molecule has 2 fully saturated rings. The number of carbonyl (C=O) groups excluding carboxylic acids is 1. The Labute approximate surface area is 323 Å². The number of hydrogen-bond donors (Lipinski definition) is 4. The molecule has 2 aromatic carbocycles. The Morgan fingerprint density at radius 2 is 1.67 bits per heavy atom. The molecule has 5 atom stereocenters. The number of benzene rings is 2. The number of nitrogens with zero attached hydrogens (tertiary/aromatic N) is 11. The number of aryl methyl sites for hydroxylation is 1. The zero-order chi connectivity index (χ0) is 37.2. The molecule has 17 heteroatoms. The van der Waals surface area contributed by atoms with Gasteiger partial charge in [0.25, 0.3) is 0 Å². The van der Waals surface area contributed by atoms with Crippen LogP contribution in [0.4, 0.5) is 16.6 Å². The summed E-state index contributed by atoms with van der Waals surface area (Å²) >= 11 is 0. The number of nitrogens with two attached hydrogens (primary N) is 1. The third-order valence-corrected chi connectivity index (χ3v) is 10.6. The molecule has 2 aliphatic rings. The number of aliphatic hydroxyl groups is 2. The highest BCUT2D eigenvalue weighted by atomic mass is 35.5. The standard InChI is InChI=1S/C38H43N13O3.ClH/c1-2-31-45-47-51(46-31)30-19-29(33(52)34(30)53)50-23-42-32-35(41-20-28(24-11-5-3-6-12-24)25-13-7-4-8-14-25)43-38(44-36(32)50)48-18-16-27(22-48)49(37(39)54)21-26-15-9-10-17-40-26;/h3-15,17,23,27-30,33-34,52-53H,2,16,18-22H2,1H3,(H2,39,54)(H,41,43,44);1H/t27-,29-,30+,33+,34-;/m1./s1. The van der Waals surface area contributed by atoms with Gasteiger partial charge in [0, 0.05) is 38.2 Å². The minimum atomic E-state index is -1.15. The topological polar surface area (TPSA) is 202 Å². The van der Waals surface area contributed by atoms with E-state index in [0.717, 1.165) is 16.8 Å². The molecule has 4 aromatic heterocycles. The number of primary amides is 1. The number of halogens is 1. The van der Waals surface area contributed by atoms with Crippen LogP contribution in [-0.4, -0.2) is 104 Å². The number of aromatic nitrogens is 9. The number of fused-ring (bicyclic) bond motifs is 1. The molecule has 5 N–H and O–H groups in total. The van der Waals surface area contributed by atoms with Gasteiger partial charge < -0.3 is 35.6 Å². The smallest absolute Gasteiger partial charge is 0.315 e. The van der Waals surface area contributed by atoms with Gasteiger partial charge in [0.1, 0.15) is 18.2 Å². The molecular weight excluding hydrogens is 722 g/mol. The Hall–Kier alpha value is -5.71. The zero-order valence-electron chi connectivity index (χ0n) is 30.3. The van der Waals surface area contributed by atoms with E-state index in [1.54, 1.807) is 17.4 Å². The first-order chi connectivity index (χ1) is 26.4. The number of anilines is 2. The molecule has 1 aliphatic heterocycles. The van der Waals surface area contributed by atoms with Gasteiger partial charge in [-0.2, -0.15) is 14.8 Å². The number of amides is 2. The first-order valence-electron chi connectivity index (χ1n) is 18.3. The monoisotopic (exact) mass is 765 g/mol. The number of urea groups is 1. The van der Waals surface area contributed by atoms with E-state index in [2.05, 4.69) is 50.0 Å². The van der Waals surface area contributed by atoms with Crippen molar-refractivity contribution in [2.45, 2.75) is 69.0 Å². The molecule has 1 aliphatic carbocycles. The number of carbonyl (C=O) groups is 1. The average molecular weight is 766 g/mol. The first kappa shape index (κ1) is 37.6. The molecule has 1 saturated heterocycles. The van der Waals surface area contributed by atoms with Crippen LogP contribution in [0.1, 0.15) is 60.4 Å². The zero-order valence-corrected chi connectivity index (χ0v) is 31.1. The van der Waals surface area contributed by atoms with Crippen LogP contribution in [0.25, 0.3) is 11.2 Å². The third-order valence-electron chi connectivity index (χ3n) is 10.6. The number of aliphatic hydroxyl groups excluding tert-OH is 2. The van der Waals surface area contributed by atoms with Crippen molar-refractivity contribution in [2.24, 2.45) is 5.73 Å². The van der Waals surface area contributed by atoms with E-state index in [1.165, 1.54) is 4.80 Å². The fourth-order valence-electron chi connectivity index (χ4n) is 7.67. The van der Waals surface area contributed by atoms with Crippen molar-refractivity contribution in [3.05, 3.63) is 114 Å². The van der Waals surface area contributed by atoms with Crippen molar-refractivity contribution in [3.63, 3.8) is 0 Å². The summed E-state index contributed by atoms with van der Waals surface area (Å²) in [6, 6.07) is 24.3. The van der Waals surface area contributed by atoms with E-state index in [9.17, 15) is 15.0 Å². The molecule has 1 saturated carbocycles. The summed E-state index contributed by atoms with van der Waals surface area (Å²) in [6.07, 6.45) is 2.64. The second kappa shape index (κ2) is 16.3. The lowest BCUT2D eigenvalue weighted by Crippen LogP contribution is -2.44. The molecule has 5 heterocycles. The number of tetrazole rings is 1. The summed E-state index contributed by atoms with van der Waals surface area (Å²) in [6.45, 7) is 3.77. The van der Waals surface area contributed by atoms with Gasteiger partial charge in [0.2, 0.25) is 5.95 Å². The van der Waals surface area contributed by atoms with Gasteiger partial charge in [-0.1, -0.05) is 73.7 Å². The van der Waals surface area contributed by atoms with Crippen LogP contribution in [0.15, 0.2) is 91.4 Å². The summed E-state index contributed by atoms with van der Waals surface area (Å²) in [5.74, 6) is 1.54. The van der Waals surface area contributed by atoms with E-state index >= 15 is 0 Å². The second-order valence-corrected chi connectivity index (χ2v) is 13.9. The number of imidazole rings is 1. The highest BCUT2D eigenvalue weighted by molar-refractivity contribution is 5.85. The lowest BCUT2D eigenvalue weighted by Gasteiger charge is -2.27. The largest absolute Gasteiger partial charge is 0.388 e. The quantitative estimate of drug-likeness (QED) is 0.142. The fraction of sp³-hybridized carbons (Fsp3) is 0.368. The van der Waals surface area contributed by atoms with Crippen molar-refractivity contribution in [2.75, 3.05) is 29.9 Å². The van der Waals surface area contributed by atoms with Crippen LogP contribution >= 0.6 is 12.4 Å². The summed E-state index contributed by atoms with van der Waals surface area (Å²) < 4.78 is 1.81. The molecule has 0 spiro atoms. The SMILES string of the molecule is CCc1nnn([C@H]2C[C@@H](n3cnc4c(NCC(c5ccccc5)c5ccccc5)nc(N5CC[C@@H](N(Cc6ccccn6)C(N)=O)C5)nc43)[C@H](O)[C@@H]2O)n1.Cl. The van der Waals surface area contributed by atoms with E-state index < -0.39 is 30.3 Å². The predicted octanol–water partition coefficient (Wildman–Crippen LogP) is 3.50. The molecule has 286 valence electrons. The molecule has 55 heavy (non-hydrogen) atoms. The Morgan fingerprint density at radius 1 is 0.964 bits per heavy atom. The summed E-state index contributed by atoms with van der Waals surface area (Å²) in [4.78, 5) is 37.1. The van der Waals surface area contributed by atoms with E-state index in [-0.39, 0.29) is 30.9 Å². The van der Waals surface area contributed by atoms with Crippen molar-refractivity contribution >= 4 is 41.4 Å². The van der Waals surface area contributed by atoms with Crippen LogP contribution in [0.2, 0.25) is 0 Å². The number of rotatable bonds is 12. The van der Waals surface area contributed by atoms with Crippen LogP contribution < -0.4 is 16.0 Å². The van der Waals surface area contributed by atoms with Gasteiger partial charge in [-0.15, -0.1) is 22.6 Å². The summed E-state index contributed by atoms with van der Waals surface area (Å²) in [5.41, 5.74) is 9.98. The molecule has 16 nitrogen and oxygen atoms in total. The Morgan fingerprint density at radius 3 is 2.33 bits per heavy atom. The van der Waals surface area contributed by atoms with Gasteiger partial charge >= 0.3 is 6.03 Å². The summed E-state index contributed by atoms with van der Waals surface area (Å²) in [7, 11) is 0. The van der Waals surface area contributed by atoms with Crippen molar-refractivity contribution in [3.8, 4) is 0 Å². The molecule has 2 amide bonds. The number of hydrogen-bond acceptors (Lipinski definition) is 12. The molecule has 0 unspecified atom stereocenters. The number of pyridine rings is 1. The lowest BCUT2D eigenvalue weighted by molar-refractivity contribution is 0.00473. The minimum Gasteiger partial charge on any atom is -0.388 e. The molecule has 0 bridgehead atoms. The van der Waals surface area contributed by atoms with Gasteiger partial charge in [-0.25, -0.2) is 9.78 Å². The maximum absolute atomic E-state index is 12.7.